The average Bonchev–Trinajstić information content (AvgIpc) is 2.97. The minimum atomic E-state index is -5.01. The van der Waals surface area contributed by atoms with Crippen LogP contribution < -0.4 is 11.1 Å². The second kappa shape index (κ2) is 13.5. The van der Waals surface area contributed by atoms with E-state index in [0.29, 0.717) is 31.6 Å². The van der Waals surface area contributed by atoms with Crippen molar-refractivity contribution < 1.29 is 32.6 Å². The zero-order valence-electron chi connectivity index (χ0n) is 22.9. The molecule has 1 aliphatic heterocycles. The number of amidine groups is 1. The predicted octanol–water partition coefficient (Wildman–Crippen LogP) is 5.35. The number of urea groups is 1. The number of alkyl halides is 4. The third kappa shape index (κ3) is 7.51. The molecule has 2 aliphatic rings. The number of rotatable bonds is 8. The van der Waals surface area contributed by atoms with Gasteiger partial charge in [-0.05, 0) is 0 Å². The number of amides is 3. The fourth-order valence-electron chi connectivity index (χ4n) is 4.75. The van der Waals surface area contributed by atoms with E-state index >= 15 is 0 Å². The second-order valence-electron chi connectivity index (χ2n) is 9.83. The van der Waals surface area contributed by atoms with Crippen molar-refractivity contribution in [3.8, 4) is 0 Å². The van der Waals surface area contributed by atoms with Crippen LogP contribution in [0.25, 0.3) is 0 Å². The van der Waals surface area contributed by atoms with Crippen molar-refractivity contribution in [1.29, 1.82) is 5.41 Å². The molecule has 9 nitrogen and oxygen atoms in total. The van der Waals surface area contributed by atoms with Crippen LogP contribution in [0.2, 0.25) is 10.0 Å². The molecule has 0 saturated heterocycles. The molecule has 0 fully saturated rings. The van der Waals surface area contributed by atoms with Gasteiger partial charge in [0.05, 0.1) is 0 Å². The third-order valence-electron chi connectivity index (χ3n) is 7.20. The van der Waals surface area contributed by atoms with Crippen LogP contribution in [0, 0.1) is 8.98 Å². The van der Waals surface area contributed by atoms with E-state index in [0.717, 1.165) is 12.7 Å². The molecule has 4 rings (SSSR count). The third-order valence-corrected chi connectivity index (χ3v) is 13.5. The van der Waals surface area contributed by atoms with E-state index in [9.17, 15) is 27.9 Å². The summed E-state index contributed by atoms with van der Waals surface area (Å²) in [5.41, 5.74) is 6.04. The van der Waals surface area contributed by atoms with Crippen molar-refractivity contribution in [3.05, 3.63) is 76.9 Å². The van der Waals surface area contributed by atoms with Crippen molar-refractivity contribution in [2.75, 3.05) is 24.8 Å². The summed E-state index contributed by atoms with van der Waals surface area (Å²) in [6.07, 6.45) is -6.97. The Bertz CT molecular complexity index is 1470. The predicted molar refractivity (Wildman–Crippen MR) is 167 cm³/mol. The number of halogens is 6. The van der Waals surface area contributed by atoms with E-state index in [4.69, 9.17) is 44.1 Å². The molecule has 0 aromatic heterocycles. The van der Waals surface area contributed by atoms with Crippen LogP contribution in [-0.2, 0) is 9.53 Å². The summed E-state index contributed by atoms with van der Waals surface area (Å²) in [6.45, 7) is -1.35. The molecule has 232 valence electrons. The zero-order chi connectivity index (χ0) is 31.5. The molecule has 0 bridgehead atoms. The van der Waals surface area contributed by atoms with Gasteiger partial charge in [0.2, 0.25) is 0 Å². The van der Waals surface area contributed by atoms with Crippen molar-refractivity contribution in [1.82, 2.24) is 10.2 Å². The number of hydrogen-bond acceptors (Lipinski definition) is 6. The Morgan fingerprint density at radius 2 is 1.93 bits per heavy atom. The van der Waals surface area contributed by atoms with Gasteiger partial charge in [-0.15, -0.1) is 0 Å². The normalized spacial score (nSPS) is 20.2. The van der Waals surface area contributed by atoms with Gasteiger partial charge in [-0.25, -0.2) is 0 Å². The van der Waals surface area contributed by atoms with E-state index in [-0.39, 0.29) is 24.9 Å². The van der Waals surface area contributed by atoms with E-state index in [2.05, 4.69) is 5.32 Å². The molecule has 2 atom stereocenters. The number of carbonyl (C=O) groups excluding carboxylic acids is 2. The molecule has 15 heteroatoms. The number of nitrogens with two attached hydrogens (primary N) is 1. The van der Waals surface area contributed by atoms with Gasteiger partial charge >= 0.3 is 253 Å². The number of hydrogen-bond donors (Lipinski definition) is 4. The Morgan fingerprint density at radius 1 is 1.23 bits per heavy atom. The quantitative estimate of drug-likeness (QED) is 0.0949. The molecular formula is C28H29Cl2F3IN5O4. The van der Waals surface area contributed by atoms with Gasteiger partial charge in [0, 0.05) is 0 Å². The molecule has 5 N–H and O–H groups in total. The van der Waals surface area contributed by atoms with Crippen LogP contribution in [0.4, 0.5) is 18.0 Å². The van der Waals surface area contributed by atoms with Crippen LogP contribution >= 0.6 is 43.0 Å². The first-order chi connectivity index (χ1) is 20.3. The average molecular weight is 754 g/mol. The molecule has 2 aromatic rings. The number of aliphatic hydroxyl groups excluding tert-OH is 1. The maximum atomic E-state index is 13.3. The molecule has 1 unspecified atom stereocenters. The van der Waals surface area contributed by atoms with Crippen molar-refractivity contribution in [2.24, 2.45) is 10.7 Å². The molecule has 1 heterocycles. The van der Waals surface area contributed by atoms with Gasteiger partial charge in [-0.1, -0.05) is 11.6 Å². The van der Waals surface area contributed by atoms with Crippen LogP contribution in [0.3, 0.4) is 0 Å². The number of methoxy groups -OCH3 is 1. The van der Waals surface area contributed by atoms with Gasteiger partial charge in [-0.3, -0.25) is 0 Å². The number of nitrogens with zero attached hydrogens (tertiary/aromatic N) is 2. The van der Waals surface area contributed by atoms with Crippen LogP contribution in [0.1, 0.15) is 24.8 Å². The Kier molecular flexibility index (Phi) is 10.4. The first kappa shape index (κ1) is 33.2. The first-order valence-electron chi connectivity index (χ1n) is 12.9. The fraction of sp³-hybridized carbons (Fsp3) is 0.357. The van der Waals surface area contributed by atoms with E-state index in [1.807, 2.05) is 18.2 Å². The molecule has 0 radical (unpaired) electrons. The molecule has 43 heavy (non-hydrogen) atoms. The van der Waals surface area contributed by atoms with E-state index in [1.54, 1.807) is 6.07 Å². The number of nitrogens with one attached hydrogen (secondary N) is 2. The summed E-state index contributed by atoms with van der Waals surface area (Å²) in [5, 5.41) is 21.7. The summed E-state index contributed by atoms with van der Waals surface area (Å²) in [7, 11) is 1.44. The van der Waals surface area contributed by atoms with E-state index in [1.165, 1.54) is 31.4 Å². The topological polar surface area (TPSA) is 141 Å². The van der Waals surface area contributed by atoms with Gasteiger partial charge in [0.25, 0.3) is 0 Å². The number of benzene rings is 2. The SMILES string of the molecule is COC1(C(N)=O)CCC2=C(C1)I(c1cccc(Cl)c1)CN=C2CNC(=O)N(C[C@H](O)C(F)(F)F)C(=N)c1ccc(Cl)cc1. The number of aliphatic imine (C=N–C) groups is 1. The molecule has 3 amide bonds. The first-order valence-corrected chi connectivity index (χ1v) is 17.4. The van der Waals surface area contributed by atoms with E-state index < -0.39 is 62.0 Å². The van der Waals surface area contributed by atoms with Crippen molar-refractivity contribution in [3.63, 3.8) is 0 Å². The van der Waals surface area contributed by atoms with Gasteiger partial charge in [0.15, 0.2) is 0 Å². The van der Waals surface area contributed by atoms with Crippen LogP contribution in [-0.4, -0.2) is 76.1 Å². The summed E-state index contributed by atoms with van der Waals surface area (Å²) in [6, 6.07) is 12.1. The molecule has 0 saturated carbocycles. The number of primary amides is 1. The minimum absolute atomic E-state index is 0.125. The Balaban J connectivity index is 1.61. The number of ether oxygens (including phenoxy) is 1. The maximum absolute atomic E-state index is 13.3. The Hall–Kier alpha value is -2.72. The van der Waals surface area contributed by atoms with Gasteiger partial charge < -0.3 is 0 Å². The summed E-state index contributed by atoms with van der Waals surface area (Å²) < 4.78 is 47.8. The summed E-state index contributed by atoms with van der Waals surface area (Å²) in [5.74, 6) is -1.14. The standard InChI is InChI=1S/C28H29Cl2F3IN5O4/c1-43-27(25(36)41)10-9-20-21(12-27)34(19-4-2-3-18(30)11-19)15-38-22(20)13-37-26(42)39(14-23(40)28(31,32)33)24(35)16-5-7-17(29)8-6-16/h2-8,11,23,35,40H,9-10,12-15H2,1H3,(H2,36,41)(H,37,42)/t23-,27?/m0/s1. The van der Waals surface area contributed by atoms with Crippen molar-refractivity contribution in [2.45, 2.75) is 37.1 Å². The number of aliphatic hydroxyl groups is 1. The second-order valence-corrected chi connectivity index (χ2v) is 16.0. The molecule has 1 aliphatic carbocycles. The van der Waals surface area contributed by atoms with Crippen molar-refractivity contribution >= 4 is 66.5 Å². The van der Waals surface area contributed by atoms with Gasteiger partial charge in [0.1, 0.15) is 0 Å². The van der Waals surface area contributed by atoms with Crippen LogP contribution in [0.5, 0.6) is 0 Å². The summed E-state index contributed by atoms with van der Waals surface area (Å²) >= 11 is 9.93. The Morgan fingerprint density at radius 3 is 2.53 bits per heavy atom. The monoisotopic (exact) mass is 753 g/mol. The Labute approximate surface area is 263 Å². The fourth-order valence-corrected chi connectivity index (χ4v) is 11.4. The molecule has 0 spiro atoms. The van der Waals surface area contributed by atoms with Crippen LogP contribution in [0.15, 0.2) is 62.7 Å². The molecule has 2 aromatic carbocycles. The van der Waals surface area contributed by atoms with Gasteiger partial charge in [-0.2, -0.15) is 0 Å². The zero-order valence-corrected chi connectivity index (χ0v) is 26.5. The molecular weight excluding hydrogens is 725 g/mol. The number of carbonyl (C=O) groups is 2. The summed E-state index contributed by atoms with van der Waals surface area (Å²) in [4.78, 5) is 31.0.